The Labute approximate surface area is 164 Å². The van der Waals surface area contributed by atoms with Gasteiger partial charge in [-0.15, -0.1) is 0 Å². The molecule has 1 aromatic carbocycles. The normalized spacial score (nSPS) is 14.9. The van der Waals surface area contributed by atoms with E-state index in [1.165, 1.54) is 12.5 Å². The molecule has 3 rings (SSSR count). The fourth-order valence-corrected chi connectivity index (χ4v) is 3.63. The Kier molecular flexibility index (Phi) is 5.36. The fraction of sp³-hybridized carbons (Fsp3) is 0.348. The number of allylic oxidation sites excluding steroid dienone is 3. The number of ketones is 2. The largest absolute Gasteiger partial charge is 0.463 e. The minimum Gasteiger partial charge on any atom is -0.463 e. The Morgan fingerprint density at radius 3 is 2.54 bits per heavy atom. The van der Waals surface area contributed by atoms with Gasteiger partial charge in [-0.25, -0.2) is 0 Å². The van der Waals surface area contributed by atoms with Gasteiger partial charge in [-0.2, -0.15) is 0 Å². The number of benzene rings is 1. The molecule has 0 fully saturated rings. The van der Waals surface area contributed by atoms with Crippen molar-refractivity contribution in [2.45, 2.75) is 53.6 Å². The number of carbonyl (C=O) groups is 3. The van der Waals surface area contributed by atoms with Gasteiger partial charge in [0.15, 0.2) is 0 Å². The highest BCUT2D eigenvalue weighted by Gasteiger charge is 2.34. The maximum absolute atomic E-state index is 12.8. The summed E-state index contributed by atoms with van der Waals surface area (Å²) in [6.45, 7) is 8.88. The number of aromatic nitrogens is 1. The SMILES string of the molecule is CC(=O)OC(C)CC1=C(C)C(=O)C(=O)c2c1[nH]c1ccc(CC=C(C)C)cc21. The smallest absolute Gasteiger partial charge is 0.302 e. The molecule has 1 heterocycles. The number of ether oxygens (including phenoxy) is 1. The highest BCUT2D eigenvalue weighted by molar-refractivity contribution is 6.54. The quantitative estimate of drug-likeness (QED) is 0.469. The highest BCUT2D eigenvalue weighted by atomic mass is 16.5. The zero-order chi connectivity index (χ0) is 20.6. The molecule has 1 aliphatic rings. The predicted octanol–water partition coefficient (Wildman–Crippen LogP) is 4.56. The Morgan fingerprint density at radius 1 is 1.18 bits per heavy atom. The Bertz CT molecular complexity index is 1050. The molecule has 2 aromatic rings. The summed E-state index contributed by atoms with van der Waals surface area (Å²) in [5.41, 5.74) is 5.35. The lowest BCUT2D eigenvalue weighted by atomic mass is 9.85. The van der Waals surface area contributed by atoms with Gasteiger partial charge in [0.25, 0.3) is 0 Å². The number of esters is 1. The van der Waals surface area contributed by atoms with E-state index in [0.717, 1.165) is 28.5 Å². The van der Waals surface area contributed by atoms with Crippen LogP contribution < -0.4 is 0 Å². The zero-order valence-electron chi connectivity index (χ0n) is 16.9. The average molecular weight is 379 g/mol. The fourth-order valence-electron chi connectivity index (χ4n) is 3.63. The molecule has 5 heteroatoms. The standard InChI is InChI=1S/C23H25NO4/c1-12(2)6-7-16-8-9-19-18(11-16)20-21(24-19)17(10-13(3)28-15(5)25)14(4)22(26)23(20)27/h6,8-9,11,13,24H,7,10H2,1-5H3. The zero-order valence-corrected chi connectivity index (χ0v) is 16.9. The molecule has 0 radical (unpaired) electrons. The topological polar surface area (TPSA) is 76.2 Å². The lowest BCUT2D eigenvalue weighted by Crippen LogP contribution is -2.24. The molecule has 0 bridgehead atoms. The van der Waals surface area contributed by atoms with Crippen molar-refractivity contribution in [3.8, 4) is 0 Å². The van der Waals surface area contributed by atoms with Gasteiger partial charge in [0.05, 0.1) is 11.3 Å². The number of Topliss-reactive ketones (excluding diaryl/α,β-unsaturated/α-hetero) is 2. The van der Waals surface area contributed by atoms with Gasteiger partial charge in [0.1, 0.15) is 6.10 Å². The van der Waals surface area contributed by atoms with Crippen molar-refractivity contribution in [2.24, 2.45) is 0 Å². The molecule has 1 aromatic heterocycles. The molecule has 0 saturated heterocycles. The van der Waals surface area contributed by atoms with Crippen molar-refractivity contribution >= 4 is 34.0 Å². The summed E-state index contributed by atoms with van der Waals surface area (Å²) in [5.74, 6) is -1.35. The first kappa shape index (κ1) is 19.8. The van der Waals surface area contributed by atoms with E-state index in [1.807, 2.05) is 32.0 Å². The Hall–Kier alpha value is -2.95. The maximum atomic E-state index is 12.8. The molecule has 1 aliphatic carbocycles. The van der Waals surface area contributed by atoms with Crippen LogP contribution in [0.5, 0.6) is 0 Å². The minimum absolute atomic E-state index is 0.370. The van der Waals surface area contributed by atoms with Crippen LogP contribution in [-0.2, 0) is 20.7 Å². The summed E-state index contributed by atoms with van der Waals surface area (Å²) in [6.07, 6.45) is 2.88. The second kappa shape index (κ2) is 7.58. The first-order valence-corrected chi connectivity index (χ1v) is 9.43. The van der Waals surface area contributed by atoms with E-state index < -0.39 is 17.7 Å². The van der Waals surface area contributed by atoms with E-state index in [4.69, 9.17) is 4.74 Å². The molecule has 1 N–H and O–H groups in total. The van der Waals surface area contributed by atoms with Crippen molar-refractivity contribution in [1.29, 1.82) is 0 Å². The van der Waals surface area contributed by atoms with E-state index in [2.05, 4.69) is 11.1 Å². The molecule has 28 heavy (non-hydrogen) atoms. The third-order valence-electron chi connectivity index (χ3n) is 5.00. The molecule has 0 aliphatic heterocycles. The molecule has 1 unspecified atom stereocenters. The first-order chi connectivity index (χ1) is 13.2. The number of hydrogen-bond acceptors (Lipinski definition) is 4. The van der Waals surface area contributed by atoms with Crippen LogP contribution in [-0.4, -0.2) is 28.6 Å². The van der Waals surface area contributed by atoms with Gasteiger partial charge in [-0.1, -0.05) is 17.7 Å². The summed E-state index contributed by atoms with van der Waals surface area (Å²) >= 11 is 0. The molecule has 1 atom stereocenters. The van der Waals surface area contributed by atoms with E-state index in [0.29, 0.717) is 23.3 Å². The van der Waals surface area contributed by atoms with E-state index >= 15 is 0 Å². The maximum Gasteiger partial charge on any atom is 0.302 e. The summed E-state index contributed by atoms with van der Waals surface area (Å²) < 4.78 is 5.24. The summed E-state index contributed by atoms with van der Waals surface area (Å²) in [6, 6.07) is 5.94. The number of fused-ring (bicyclic) bond motifs is 3. The molecule has 0 amide bonds. The predicted molar refractivity (Wildman–Crippen MR) is 109 cm³/mol. The van der Waals surface area contributed by atoms with Gasteiger partial charge in [-0.05, 0) is 57.4 Å². The Balaban J connectivity index is 2.10. The molecule has 0 saturated carbocycles. The Morgan fingerprint density at radius 2 is 1.89 bits per heavy atom. The monoisotopic (exact) mass is 379 g/mol. The number of aromatic amines is 1. The molecular weight excluding hydrogens is 354 g/mol. The van der Waals surface area contributed by atoms with Crippen molar-refractivity contribution in [1.82, 2.24) is 4.98 Å². The number of carbonyl (C=O) groups excluding carboxylic acids is 3. The number of H-pyrrole nitrogens is 1. The minimum atomic E-state index is -0.492. The van der Waals surface area contributed by atoms with Crippen molar-refractivity contribution < 1.29 is 19.1 Å². The third-order valence-corrected chi connectivity index (χ3v) is 5.00. The van der Waals surface area contributed by atoms with Gasteiger partial charge < -0.3 is 9.72 Å². The van der Waals surface area contributed by atoms with Crippen LogP contribution in [0.1, 0.15) is 62.7 Å². The second-order valence-corrected chi connectivity index (χ2v) is 7.63. The van der Waals surface area contributed by atoms with Crippen molar-refractivity contribution in [3.05, 3.63) is 52.2 Å². The van der Waals surface area contributed by atoms with Crippen LogP contribution in [0, 0.1) is 0 Å². The van der Waals surface area contributed by atoms with Crippen LogP contribution >= 0.6 is 0 Å². The van der Waals surface area contributed by atoms with E-state index in [1.54, 1.807) is 13.8 Å². The van der Waals surface area contributed by atoms with E-state index in [9.17, 15) is 14.4 Å². The summed E-state index contributed by atoms with van der Waals surface area (Å²) in [5, 5.41) is 0.762. The molecule has 0 spiro atoms. The summed E-state index contributed by atoms with van der Waals surface area (Å²) in [7, 11) is 0. The van der Waals surface area contributed by atoms with Crippen LogP contribution in [0.2, 0.25) is 0 Å². The highest BCUT2D eigenvalue weighted by Crippen LogP contribution is 2.37. The lowest BCUT2D eigenvalue weighted by Gasteiger charge is -2.20. The number of nitrogens with one attached hydrogen (secondary N) is 1. The van der Waals surface area contributed by atoms with Crippen LogP contribution in [0.25, 0.3) is 16.5 Å². The van der Waals surface area contributed by atoms with Gasteiger partial charge in [0, 0.05) is 29.8 Å². The molecule has 5 nitrogen and oxygen atoms in total. The van der Waals surface area contributed by atoms with Crippen molar-refractivity contribution in [2.75, 3.05) is 0 Å². The number of hydrogen-bond donors (Lipinski definition) is 1. The van der Waals surface area contributed by atoms with Gasteiger partial charge in [0.2, 0.25) is 11.6 Å². The molecular formula is C23H25NO4. The number of rotatable bonds is 5. The van der Waals surface area contributed by atoms with Gasteiger partial charge >= 0.3 is 5.97 Å². The van der Waals surface area contributed by atoms with E-state index in [-0.39, 0.29) is 5.97 Å². The first-order valence-electron chi connectivity index (χ1n) is 9.43. The average Bonchev–Trinajstić information content (AvgIpc) is 2.99. The summed E-state index contributed by atoms with van der Waals surface area (Å²) in [4.78, 5) is 40.0. The van der Waals surface area contributed by atoms with Crippen LogP contribution in [0.3, 0.4) is 0 Å². The lowest BCUT2D eigenvalue weighted by molar-refractivity contribution is -0.145. The second-order valence-electron chi connectivity index (χ2n) is 7.63. The van der Waals surface area contributed by atoms with Crippen molar-refractivity contribution in [3.63, 3.8) is 0 Å². The van der Waals surface area contributed by atoms with Crippen LogP contribution in [0.15, 0.2) is 35.4 Å². The third kappa shape index (κ3) is 3.70. The molecule has 146 valence electrons. The van der Waals surface area contributed by atoms with Crippen LogP contribution in [0.4, 0.5) is 0 Å². The van der Waals surface area contributed by atoms with Gasteiger partial charge in [-0.3, -0.25) is 14.4 Å².